The van der Waals surface area contributed by atoms with Gasteiger partial charge >= 0.3 is 0 Å². The molecule has 0 radical (unpaired) electrons. The number of nitrogen functional groups attached to an aromatic ring is 3. The number of aromatic hydroxyl groups is 1. The van der Waals surface area contributed by atoms with Crippen LogP contribution >= 0.6 is 24.4 Å². The fourth-order valence-corrected chi connectivity index (χ4v) is 9.18. The number of nitrogens with two attached hydrogens (primary N) is 3. The van der Waals surface area contributed by atoms with E-state index in [1.54, 1.807) is 12.1 Å². The molecule has 25 nitrogen and oxygen atoms in total. The molecule has 0 unspecified atom stereocenters. The molecule has 11 N–H and O–H groups in total. The third-order valence-electron chi connectivity index (χ3n) is 8.62. The van der Waals surface area contributed by atoms with E-state index in [2.05, 4.69) is 54.2 Å². The van der Waals surface area contributed by atoms with Gasteiger partial charge < -0.3 is 22.3 Å². The predicted molar refractivity (Wildman–Crippen MR) is 239 cm³/mol. The molecule has 30 heteroatoms. The number of hydrogen-bond acceptors (Lipinski definition) is 25. The minimum absolute atomic E-state index is 0.0274. The summed E-state index contributed by atoms with van der Waals surface area (Å²) < 4.78 is 103. The molecule has 0 heterocycles. The van der Waals surface area contributed by atoms with Crippen LogP contribution in [0.1, 0.15) is 0 Å². The van der Waals surface area contributed by atoms with Crippen molar-refractivity contribution in [2.24, 2.45) is 30.7 Å². The fraction of sp³-hybridized carbons (Fsp3) is 0.0556. The average Bonchev–Trinajstić information content (AvgIpc) is 3.28. The SMILES string of the molecule is Nc1ccc(N=Nc2ccc(NS(=O)(=O)c3ccc(N=Nc4c(S(=O)(=O)O)cc5c(SOOO)cc(N=Nc6ccc(S(=O)(=O)CCOSOOO)cc6)c(N)c5c4O)cc3)cc2)c(N)c1. The van der Waals surface area contributed by atoms with Crippen LogP contribution in [0.25, 0.3) is 10.8 Å². The molecule has 66 heavy (non-hydrogen) atoms. The summed E-state index contributed by atoms with van der Waals surface area (Å²) in [6, 6.07) is 22.7. The quantitative estimate of drug-likeness (QED) is 0.00673. The van der Waals surface area contributed by atoms with Crippen molar-refractivity contribution in [2.75, 3.05) is 34.3 Å². The van der Waals surface area contributed by atoms with Crippen LogP contribution in [0.4, 0.5) is 56.9 Å². The lowest BCUT2D eigenvalue weighted by Crippen LogP contribution is -2.12. The molecule has 0 saturated heterocycles. The van der Waals surface area contributed by atoms with Crippen molar-refractivity contribution < 1.29 is 68.4 Å². The number of rotatable bonds is 20. The van der Waals surface area contributed by atoms with Crippen LogP contribution in [0.3, 0.4) is 0 Å². The maximum atomic E-state index is 13.2. The molecule has 0 atom stereocenters. The van der Waals surface area contributed by atoms with Gasteiger partial charge in [-0.25, -0.2) is 27.4 Å². The van der Waals surface area contributed by atoms with Crippen LogP contribution in [0.15, 0.2) is 153 Å². The number of benzene rings is 6. The minimum Gasteiger partial charge on any atom is -0.505 e. The van der Waals surface area contributed by atoms with Crippen molar-refractivity contribution >= 4 is 122 Å². The maximum absolute atomic E-state index is 13.2. The van der Waals surface area contributed by atoms with Crippen molar-refractivity contribution in [2.45, 2.75) is 19.6 Å². The first-order chi connectivity index (χ1) is 31.4. The van der Waals surface area contributed by atoms with Crippen LogP contribution in [0.5, 0.6) is 5.75 Å². The Morgan fingerprint density at radius 2 is 1.23 bits per heavy atom. The molecule has 0 aromatic heterocycles. The normalized spacial score (nSPS) is 12.5. The second kappa shape index (κ2) is 21.3. The highest BCUT2D eigenvalue weighted by Gasteiger charge is 2.26. The molecule has 0 bridgehead atoms. The standard InChI is InChI=1S/C36H32N10O15S5/c37-20-1-14-29(28(38)17-20)43-40-21-2-4-24(5-3-21)46-65(52,53)26-12-8-23(9-13-26)42-45-35-32(66(54,55)56)18-27-31(62-60-58-48)19-30(34(39)33(27)36(35)47)44-41-22-6-10-25(11-7-22)64(50,51)16-15-57-63-61-59-49/h1-14,17-19,46-49H,15-16,37-39H2,(H,54,55,56). The van der Waals surface area contributed by atoms with Crippen LogP contribution in [-0.2, 0) is 52.9 Å². The molecule has 0 spiro atoms. The summed E-state index contributed by atoms with van der Waals surface area (Å²) in [6.45, 7) is -0.317. The zero-order chi connectivity index (χ0) is 47.6. The van der Waals surface area contributed by atoms with Crippen LogP contribution in [-0.4, -0.2) is 57.8 Å². The summed E-state index contributed by atoms with van der Waals surface area (Å²) in [6.07, 6.45) is 0. The number of sulfonamides is 1. The van der Waals surface area contributed by atoms with Crippen molar-refractivity contribution in [1.29, 1.82) is 0 Å². The summed E-state index contributed by atoms with van der Waals surface area (Å²) in [5.74, 6) is -1.39. The fourth-order valence-electron chi connectivity index (χ4n) is 5.55. The minimum atomic E-state index is -5.17. The molecule has 0 amide bonds. The number of azo groups is 3. The van der Waals surface area contributed by atoms with E-state index >= 15 is 0 Å². The number of phenols is 1. The van der Waals surface area contributed by atoms with Gasteiger partial charge in [0.25, 0.3) is 20.1 Å². The predicted octanol–water partition coefficient (Wildman–Crippen LogP) is 8.79. The number of fused-ring (bicyclic) bond motifs is 1. The lowest BCUT2D eigenvalue weighted by atomic mass is 10.0. The molecular weight excluding hydrogens is 973 g/mol. The van der Waals surface area contributed by atoms with Gasteiger partial charge in [0.15, 0.2) is 27.9 Å². The van der Waals surface area contributed by atoms with Crippen molar-refractivity contribution in [1.82, 2.24) is 0 Å². The molecule has 0 saturated carbocycles. The Morgan fingerprint density at radius 1 is 0.652 bits per heavy atom. The smallest absolute Gasteiger partial charge is 0.296 e. The Labute approximate surface area is 382 Å². The maximum Gasteiger partial charge on any atom is 0.296 e. The molecule has 0 aliphatic heterocycles. The van der Waals surface area contributed by atoms with Gasteiger partial charge in [0.2, 0.25) is 0 Å². The highest BCUT2D eigenvalue weighted by Crippen LogP contribution is 2.49. The summed E-state index contributed by atoms with van der Waals surface area (Å²) in [4.78, 5) is -1.33. The number of nitrogens with zero attached hydrogens (tertiary/aromatic N) is 6. The molecule has 6 rings (SSSR count). The highest BCUT2D eigenvalue weighted by molar-refractivity contribution is 7.95. The highest BCUT2D eigenvalue weighted by atomic mass is 32.2. The summed E-state index contributed by atoms with van der Waals surface area (Å²) in [5, 5.41) is 59.2. The van der Waals surface area contributed by atoms with E-state index in [9.17, 15) is 34.9 Å². The van der Waals surface area contributed by atoms with E-state index in [1.807, 2.05) is 0 Å². The van der Waals surface area contributed by atoms with Crippen molar-refractivity contribution in [3.63, 3.8) is 0 Å². The van der Waals surface area contributed by atoms with Gasteiger partial charge in [0, 0.05) is 21.7 Å². The molecule has 0 aliphatic carbocycles. The lowest BCUT2D eigenvalue weighted by molar-refractivity contribution is -0.434. The molecule has 346 valence electrons. The molecule has 0 aliphatic rings. The van der Waals surface area contributed by atoms with Gasteiger partial charge in [-0.15, -0.1) is 24.0 Å². The average molecular weight is 1010 g/mol. The van der Waals surface area contributed by atoms with E-state index in [0.29, 0.717) is 34.8 Å². The number of hydrogen-bond donors (Lipinski definition) is 8. The van der Waals surface area contributed by atoms with Crippen LogP contribution in [0.2, 0.25) is 0 Å². The monoisotopic (exact) mass is 1000 g/mol. The van der Waals surface area contributed by atoms with Crippen molar-refractivity contribution in [3.8, 4) is 5.75 Å². The van der Waals surface area contributed by atoms with Crippen LogP contribution < -0.4 is 21.9 Å². The Hall–Kier alpha value is -6.39. The molecule has 6 aromatic carbocycles. The second-order valence-corrected chi connectivity index (χ2v) is 19.3. The van der Waals surface area contributed by atoms with Gasteiger partial charge in [-0.2, -0.15) is 23.8 Å². The van der Waals surface area contributed by atoms with E-state index in [4.69, 9.17) is 31.9 Å². The second-order valence-electron chi connectivity index (χ2n) is 12.9. The first kappa shape index (κ1) is 49.1. The number of sulfone groups is 1. The summed E-state index contributed by atoms with van der Waals surface area (Å²) in [7, 11) is -13.2. The first-order valence-electron chi connectivity index (χ1n) is 17.9. The van der Waals surface area contributed by atoms with Gasteiger partial charge in [0.1, 0.15) is 22.0 Å². The van der Waals surface area contributed by atoms with Gasteiger partial charge in [-0.1, -0.05) is 10.1 Å². The first-order valence-corrected chi connectivity index (χ1v) is 23.9. The lowest BCUT2D eigenvalue weighted by Gasteiger charge is -2.14. The van der Waals surface area contributed by atoms with Crippen LogP contribution in [0, 0.1) is 0 Å². The Bertz CT molecular complexity index is 3170. The molecule has 0 fully saturated rings. The molecular formula is C36H32N10O15S5. The number of phenolic OH excluding ortho intramolecular Hbond substituents is 1. The van der Waals surface area contributed by atoms with E-state index < -0.39 is 52.1 Å². The van der Waals surface area contributed by atoms with Gasteiger partial charge in [-0.3, -0.25) is 13.5 Å². The van der Waals surface area contributed by atoms with E-state index in [-0.39, 0.29) is 72.8 Å². The third-order valence-corrected chi connectivity index (χ3v) is 13.6. The Kier molecular flexibility index (Phi) is 15.8. The zero-order valence-electron chi connectivity index (χ0n) is 33.0. The van der Waals surface area contributed by atoms with E-state index in [1.165, 1.54) is 84.9 Å². The summed E-state index contributed by atoms with van der Waals surface area (Å²) in [5.41, 5.74) is 18.6. The van der Waals surface area contributed by atoms with Gasteiger partial charge in [0.05, 0.1) is 68.0 Å². The van der Waals surface area contributed by atoms with E-state index in [0.717, 1.165) is 6.07 Å². The largest absolute Gasteiger partial charge is 0.505 e. The number of anilines is 4. The number of nitrogens with one attached hydrogen (secondary N) is 1. The Morgan fingerprint density at radius 3 is 1.82 bits per heavy atom. The van der Waals surface area contributed by atoms with Gasteiger partial charge in [-0.05, 0) is 103 Å². The molecule has 6 aromatic rings. The summed E-state index contributed by atoms with van der Waals surface area (Å²) >= 11 is 0.532. The van der Waals surface area contributed by atoms with Crippen molar-refractivity contribution in [3.05, 3.63) is 103 Å². The Balaban J connectivity index is 1.25. The third kappa shape index (κ3) is 12.3. The zero-order valence-corrected chi connectivity index (χ0v) is 37.0. The topological polar surface area (TPSA) is 394 Å².